The van der Waals surface area contributed by atoms with Crippen molar-refractivity contribution in [2.45, 2.75) is 369 Å². The van der Waals surface area contributed by atoms with Crippen molar-refractivity contribution in [1.82, 2.24) is 0 Å². The van der Waals surface area contributed by atoms with Crippen LogP contribution in [0.2, 0.25) is 0 Å². The second kappa shape index (κ2) is 60.7. The Morgan fingerprint density at radius 2 is 0.467 bits per heavy atom. The Morgan fingerprint density at radius 1 is 0.278 bits per heavy atom. The van der Waals surface area contributed by atoms with Crippen LogP contribution in [0.25, 0.3) is 0 Å². The van der Waals surface area contributed by atoms with Crippen molar-refractivity contribution in [2.24, 2.45) is 23.7 Å². The third kappa shape index (κ3) is 64.8. The summed E-state index contributed by atoms with van der Waals surface area (Å²) in [6, 6.07) is 0. The minimum atomic E-state index is -4.95. The van der Waals surface area contributed by atoms with Gasteiger partial charge in [-0.2, -0.15) is 0 Å². The van der Waals surface area contributed by atoms with Gasteiger partial charge in [-0.15, -0.1) is 0 Å². The van der Waals surface area contributed by atoms with Crippen molar-refractivity contribution in [1.29, 1.82) is 0 Å². The van der Waals surface area contributed by atoms with E-state index in [0.29, 0.717) is 43.4 Å². The lowest BCUT2D eigenvalue weighted by Gasteiger charge is -2.21. The van der Waals surface area contributed by atoms with Crippen LogP contribution in [-0.2, 0) is 65.4 Å². The molecule has 0 aromatic carbocycles. The largest absolute Gasteiger partial charge is 0.472 e. The number of carbonyl (C=O) groups is 4. The molecule has 0 saturated heterocycles. The van der Waals surface area contributed by atoms with Gasteiger partial charge in [-0.05, 0) is 49.4 Å². The zero-order valence-corrected chi connectivity index (χ0v) is 60.6. The van der Waals surface area contributed by atoms with Gasteiger partial charge in [0.1, 0.15) is 19.3 Å². The monoisotopic (exact) mass is 1320 g/mol. The van der Waals surface area contributed by atoms with Crippen LogP contribution in [0.5, 0.6) is 0 Å². The molecule has 0 saturated carbocycles. The van der Waals surface area contributed by atoms with E-state index in [1.54, 1.807) is 0 Å². The maximum atomic E-state index is 13.0. The fourth-order valence-electron chi connectivity index (χ4n) is 10.7. The molecule has 90 heavy (non-hydrogen) atoms. The Bertz CT molecular complexity index is 1780. The predicted molar refractivity (Wildman–Crippen MR) is 363 cm³/mol. The molecule has 17 nitrogen and oxygen atoms in total. The molecule has 0 rings (SSSR count). The Kier molecular flexibility index (Phi) is 59.4. The number of hydrogen-bond acceptors (Lipinski definition) is 15. The van der Waals surface area contributed by atoms with Gasteiger partial charge in [0.25, 0.3) is 0 Å². The van der Waals surface area contributed by atoms with E-state index in [9.17, 15) is 43.2 Å². The van der Waals surface area contributed by atoms with Crippen LogP contribution in [0.15, 0.2) is 0 Å². The SMILES string of the molecule is CC(C)CCCCCCCCCCCCCCCCCCCCC(=O)OC[C@H](COP(=O)(O)OCC(O)COP(=O)(O)OC[C@@H](COC(=O)CCCCCCCCCC(C)C)OC(=O)CCCCCCCCCC(C)C)OC(=O)CCCCCCCCC(C)C. The van der Waals surface area contributed by atoms with Gasteiger partial charge in [0.15, 0.2) is 12.2 Å². The summed E-state index contributed by atoms with van der Waals surface area (Å²) in [4.78, 5) is 72.4. The van der Waals surface area contributed by atoms with Gasteiger partial charge in [0.05, 0.1) is 26.4 Å². The van der Waals surface area contributed by atoms with Crippen LogP contribution in [0.3, 0.4) is 0 Å². The van der Waals surface area contributed by atoms with E-state index in [0.717, 1.165) is 102 Å². The first-order valence-corrected chi connectivity index (χ1v) is 39.7. The Balaban J connectivity index is 5.10. The molecule has 0 heterocycles. The quantitative estimate of drug-likeness (QED) is 0.0222. The molecule has 5 atom stereocenters. The minimum absolute atomic E-state index is 0.102. The molecule has 534 valence electrons. The van der Waals surface area contributed by atoms with Gasteiger partial charge in [0.2, 0.25) is 0 Å². The van der Waals surface area contributed by atoms with E-state index in [1.807, 2.05) is 0 Å². The lowest BCUT2D eigenvalue weighted by Crippen LogP contribution is -2.30. The summed E-state index contributed by atoms with van der Waals surface area (Å²) < 4.78 is 68.2. The molecule has 3 unspecified atom stereocenters. The van der Waals surface area contributed by atoms with E-state index in [1.165, 1.54) is 148 Å². The molecule has 0 aromatic heterocycles. The summed E-state index contributed by atoms with van der Waals surface area (Å²) >= 11 is 0. The average Bonchev–Trinajstić information content (AvgIpc) is 3.60. The van der Waals surface area contributed by atoms with Crippen LogP contribution in [-0.4, -0.2) is 96.7 Å². The summed E-state index contributed by atoms with van der Waals surface area (Å²) in [7, 11) is -9.90. The highest BCUT2D eigenvalue weighted by Gasteiger charge is 2.30. The fraction of sp³-hybridized carbons (Fsp3) is 0.944. The van der Waals surface area contributed by atoms with E-state index in [-0.39, 0.29) is 25.7 Å². The molecular formula is C71H138O17P2. The standard InChI is InChI=1S/C71H138O17P2/c1-61(2)47-39-31-23-19-17-15-13-11-9-10-12-14-16-18-20-26-35-43-51-68(73)81-58-67(88-71(76)54-46-38-30-29-34-42-50-64(7)8)60-86-90(79,80)84-56-65(72)55-83-89(77,78)85-59-66(87-70(75)53-45-37-28-22-25-33-41-49-63(5)6)57-82-69(74)52-44-36-27-21-24-32-40-48-62(3)4/h61-67,72H,9-60H2,1-8H3,(H,77,78)(H,79,80)/t65?,66-,67-/m1/s1. The van der Waals surface area contributed by atoms with Crippen LogP contribution >= 0.6 is 15.6 Å². The van der Waals surface area contributed by atoms with Gasteiger partial charge in [-0.1, -0.05) is 299 Å². The lowest BCUT2D eigenvalue weighted by atomic mass is 10.0. The highest BCUT2D eigenvalue weighted by molar-refractivity contribution is 7.47. The van der Waals surface area contributed by atoms with E-state index < -0.39 is 97.5 Å². The van der Waals surface area contributed by atoms with Gasteiger partial charge < -0.3 is 33.8 Å². The van der Waals surface area contributed by atoms with Crippen LogP contribution < -0.4 is 0 Å². The van der Waals surface area contributed by atoms with Crippen molar-refractivity contribution in [3.63, 3.8) is 0 Å². The molecule has 3 N–H and O–H groups in total. The fourth-order valence-corrected chi connectivity index (χ4v) is 12.2. The van der Waals surface area contributed by atoms with E-state index >= 15 is 0 Å². The number of esters is 4. The van der Waals surface area contributed by atoms with Gasteiger partial charge >= 0.3 is 39.5 Å². The Labute approximate surface area is 549 Å². The summed E-state index contributed by atoms with van der Waals surface area (Å²) in [5, 5.41) is 10.6. The molecule has 0 amide bonds. The van der Waals surface area contributed by atoms with Gasteiger partial charge in [0, 0.05) is 25.7 Å². The number of rotatable bonds is 68. The second-order valence-electron chi connectivity index (χ2n) is 27.5. The molecule has 0 aromatic rings. The second-order valence-corrected chi connectivity index (χ2v) is 30.4. The van der Waals surface area contributed by atoms with E-state index in [2.05, 4.69) is 55.4 Å². The molecule has 19 heteroatoms. The molecule has 0 aliphatic carbocycles. The number of unbranched alkanes of at least 4 members (excludes halogenated alkanes) is 34. The normalized spacial score (nSPS) is 14.3. The van der Waals surface area contributed by atoms with Crippen molar-refractivity contribution < 1.29 is 80.2 Å². The highest BCUT2D eigenvalue weighted by Crippen LogP contribution is 2.45. The smallest absolute Gasteiger partial charge is 0.462 e. The summed E-state index contributed by atoms with van der Waals surface area (Å²) in [6.45, 7) is 14.0. The molecule has 0 fully saturated rings. The first-order valence-electron chi connectivity index (χ1n) is 36.7. The maximum Gasteiger partial charge on any atom is 0.472 e. The Morgan fingerprint density at radius 3 is 0.689 bits per heavy atom. The Hall–Kier alpha value is -1.94. The van der Waals surface area contributed by atoms with Gasteiger partial charge in [-0.25, -0.2) is 9.13 Å². The van der Waals surface area contributed by atoms with Crippen LogP contribution in [0, 0.1) is 23.7 Å². The molecule has 0 radical (unpaired) electrons. The molecule has 0 aliphatic heterocycles. The van der Waals surface area contributed by atoms with Crippen molar-refractivity contribution >= 4 is 39.5 Å². The minimum Gasteiger partial charge on any atom is -0.462 e. The molecule has 0 spiro atoms. The maximum absolute atomic E-state index is 13.0. The first kappa shape index (κ1) is 88.1. The number of aliphatic hydroxyl groups is 1. The third-order valence-corrected chi connectivity index (χ3v) is 18.2. The van der Waals surface area contributed by atoms with Crippen molar-refractivity contribution in [3.05, 3.63) is 0 Å². The number of hydrogen-bond donors (Lipinski definition) is 3. The van der Waals surface area contributed by atoms with Gasteiger partial charge in [-0.3, -0.25) is 37.3 Å². The average molecular weight is 1330 g/mol. The number of aliphatic hydroxyl groups excluding tert-OH is 1. The first-order chi connectivity index (χ1) is 43.1. The number of ether oxygens (including phenoxy) is 4. The number of phosphoric acid groups is 2. The third-order valence-electron chi connectivity index (χ3n) is 16.3. The number of phosphoric ester groups is 2. The highest BCUT2D eigenvalue weighted by atomic mass is 31.2. The topological polar surface area (TPSA) is 237 Å². The molecule has 0 aliphatic rings. The summed E-state index contributed by atoms with van der Waals surface area (Å²) in [5.74, 6) is 0.756. The zero-order chi connectivity index (χ0) is 66.8. The van der Waals surface area contributed by atoms with Crippen LogP contribution in [0.4, 0.5) is 0 Å². The van der Waals surface area contributed by atoms with Crippen molar-refractivity contribution in [2.75, 3.05) is 39.6 Å². The number of carbonyl (C=O) groups excluding carboxylic acids is 4. The zero-order valence-electron chi connectivity index (χ0n) is 58.8. The summed E-state index contributed by atoms with van der Waals surface area (Å²) in [5.41, 5.74) is 0. The molecular weight excluding hydrogens is 1190 g/mol. The summed E-state index contributed by atoms with van der Waals surface area (Å²) in [6.07, 6.45) is 43.7. The predicted octanol–water partition coefficient (Wildman–Crippen LogP) is 20.1. The van der Waals surface area contributed by atoms with E-state index in [4.69, 9.17) is 37.0 Å². The molecule has 0 bridgehead atoms. The lowest BCUT2D eigenvalue weighted by molar-refractivity contribution is -0.161. The van der Waals surface area contributed by atoms with Crippen LogP contribution in [0.1, 0.15) is 351 Å². The van der Waals surface area contributed by atoms with Crippen molar-refractivity contribution in [3.8, 4) is 0 Å².